The van der Waals surface area contributed by atoms with E-state index in [1.807, 2.05) is 38.1 Å². The molecule has 0 saturated heterocycles. The van der Waals surface area contributed by atoms with Crippen molar-refractivity contribution in [1.29, 1.82) is 0 Å². The molecule has 2 aromatic rings. The van der Waals surface area contributed by atoms with Crippen LogP contribution in [-0.2, 0) is 4.57 Å². The quantitative estimate of drug-likeness (QED) is 0.777. The molecule has 94 valence electrons. The standard InChI is InChI=1S/C14H14ClO2P/c1-11-3-7-13(8-4-11)17-18(15,16)14-9-5-12(2)6-10-14/h3-10H,1-2H3. The van der Waals surface area contributed by atoms with Crippen molar-refractivity contribution in [3.63, 3.8) is 0 Å². The summed E-state index contributed by atoms with van der Waals surface area (Å²) in [6.07, 6.45) is 0. The average Bonchev–Trinajstić information content (AvgIpc) is 2.32. The molecule has 4 heteroatoms. The van der Waals surface area contributed by atoms with E-state index in [0.29, 0.717) is 11.1 Å². The van der Waals surface area contributed by atoms with Crippen LogP contribution < -0.4 is 9.83 Å². The number of rotatable bonds is 3. The second-order valence-electron chi connectivity index (χ2n) is 4.22. The van der Waals surface area contributed by atoms with Gasteiger partial charge in [-0.3, -0.25) is 4.57 Å². The van der Waals surface area contributed by atoms with E-state index in [9.17, 15) is 4.57 Å². The van der Waals surface area contributed by atoms with Gasteiger partial charge in [-0.2, -0.15) is 0 Å². The maximum atomic E-state index is 12.3. The van der Waals surface area contributed by atoms with E-state index >= 15 is 0 Å². The van der Waals surface area contributed by atoms with Crippen molar-refractivity contribution in [1.82, 2.24) is 0 Å². The molecule has 0 saturated carbocycles. The van der Waals surface area contributed by atoms with Gasteiger partial charge >= 0.3 is 6.72 Å². The fraction of sp³-hybridized carbons (Fsp3) is 0.143. The SMILES string of the molecule is Cc1ccc(OP(=O)(Cl)c2ccc(C)cc2)cc1. The van der Waals surface area contributed by atoms with Crippen LogP contribution in [0.4, 0.5) is 0 Å². The topological polar surface area (TPSA) is 26.3 Å². The third kappa shape index (κ3) is 3.16. The molecule has 18 heavy (non-hydrogen) atoms. The molecular formula is C14H14ClO2P. The van der Waals surface area contributed by atoms with Crippen molar-refractivity contribution in [2.24, 2.45) is 0 Å². The van der Waals surface area contributed by atoms with Gasteiger partial charge < -0.3 is 4.52 Å². The largest absolute Gasteiger partial charge is 0.430 e. The van der Waals surface area contributed by atoms with Gasteiger partial charge in [0.05, 0.1) is 5.30 Å². The summed E-state index contributed by atoms with van der Waals surface area (Å²) in [4.78, 5) is 0. The van der Waals surface area contributed by atoms with E-state index in [1.165, 1.54) is 0 Å². The van der Waals surface area contributed by atoms with Crippen LogP contribution in [0.3, 0.4) is 0 Å². The molecule has 0 aliphatic carbocycles. The molecule has 0 fully saturated rings. The summed E-state index contributed by atoms with van der Waals surface area (Å²) < 4.78 is 17.7. The Labute approximate surface area is 112 Å². The molecule has 0 amide bonds. The van der Waals surface area contributed by atoms with Crippen LogP contribution in [0.1, 0.15) is 11.1 Å². The van der Waals surface area contributed by atoms with Gasteiger partial charge in [-0.15, -0.1) is 0 Å². The number of hydrogen-bond acceptors (Lipinski definition) is 2. The molecule has 0 spiro atoms. The Balaban J connectivity index is 2.24. The van der Waals surface area contributed by atoms with Gasteiger partial charge in [0.25, 0.3) is 0 Å². The van der Waals surface area contributed by atoms with Gasteiger partial charge in [0.2, 0.25) is 0 Å². The minimum atomic E-state index is -3.33. The predicted octanol–water partition coefficient (Wildman–Crippen LogP) is 4.44. The second kappa shape index (κ2) is 5.17. The number of hydrogen-bond donors (Lipinski definition) is 0. The monoisotopic (exact) mass is 280 g/mol. The fourth-order valence-electron chi connectivity index (χ4n) is 1.51. The highest BCUT2D eigenvalue weighted by molar-refractivity contribution is 7.91. The lowest BCUT2D eigenvalue weighted by molar-refractivity contribution is 0.508. The van der Waals surface area contributed by atoms with Crippen LogP contribution in [0.5, 0.6) is 5.75 Å². The lowest BCUT2D eigenvalue weighted by Gasteiger charge is -2.13. The van der Waals surface area contributed by atoms with Gasteiger partial charge in [-0.25, -0.2) is 0 Å². The number of benzene rings is 2. The van der Waals surface area contributed by atoms with Crippen LogP contribution in [0.2, 0.25) is 0 Å². The first-order valence-electron chi connectivity index (χ1n) is 5.60. The Hall–Kier alpha value is -1.24. The summed E-state index contributed by atoms with van der Waals surface area (Å²) in [7, 11) is 0. The summed E-state index contributed by atoms with van der Waals surface area (Å²) in [6.45, 7) is 0.609. The van der Waals surface area contributed by atoms with Crippen LogP contribution in [0, 0.1) is 13.8 Å². The van der Waals surface area contributed by atoms with Crippen LogP contribution >= 0.6 is 18.0 Å². The number of halogens is 1. The first-order valence-corrected chi connectivity index (χ1v) is 8.13. The molecule has 1 unspecified atom stereocenters. The average molecular weight is 281 g/mol. The van der Waals surface area contributed by atoms with E-state index in [2.05, 4.69) is 0 Å². The normalized spacial score (nSPS) is 13.9. The molecule has 1 atom stereocenters. The third-order valence-corrected chi connectivity index (χ3v) is 4.74. The van der Waals surface area contributed by atoms with Crippen molar-refractivity contribution in [2.75, 3.05) is 0 Å². The van der Waals surface area contributed by atoms with Gasteiger partial charge in [0, 0.05) is 0 Å². The van der Waals surface area contributed by atoms with E-state index in [-0.39, 0.29) is 0 Å². The molecule has 2 nitrogen and oxygen atoms in total. The molecule has 0 aromatic heterocycles. The molecule has 2 aromatic carbocycles. The smallest absolute Gasteiger partial charge is 0.366 e. The van der Waals surface area contributed by atoms with Crippen molar-refractivity contribution in [2.45, 2.75) is 13.8 Å². The Morgan fingerprint density at radius 3 is 1.83 bits per heavy atom. The zero-order chi connectivity index (χ0) is 13.2. The molecule has 0 aliphatic rings. The van der Waals surface area contributed by atoms with Gasteiger partial charge in [-0.1, -0.05) is 35.4 Å². The maximum Gasteiger partial charge on any atom is 0.366 e. The summed E-state index contributed by atoms with van der Waals surface area (Å²) in [5.41, 5.74) is 2.20. The first kappa shape index (κ1) is 13.2. The highest BCUT2D eigenvalue weighted by Crippen LogP contribution is 2.50. The van der Waals surface area contributed by atoms with E-state index in [0.717, 1.165) is 11.1 Å². The zero-order valence-corrected chi connectivity index (χ0v) is 11.9. The molecule has 0 N–H and O–H groups in total. The summed E-state index contributed by atoms with van der Waals surface area (Å²) in [5, 5.41) is 0.510. The Morgan fingerprint density at radius 2 is 1.33 bits per heavy atom. The van der Waals surface area contributed by atoms with E-state index < -0.39 is 6.72 Å². The Kier molecular flexibility index (Phi) is 3.79. The number of aryl methyl sites for hydroxylation is 2. The van der Waals surface area contributed by atoms with Crippen LogP contribution in [0.25, 0.3) is 0 Å². The summed E-state index contributed by atoms with van der Waals surface area (Å²) >= 11 is 6.02. The highest BCUT2D eigenvalue weighted by atomic mass is 35.7. The summed E-state index contributed by atoms with van der Waals surface area (Å²) in [5.74, 6) is 0.513. The fourth-order valence-corrected chi connectivity index (χ4v) is 3.09. The Bertz CT molecular complexity index is 576. The van der Waals surface area contributed by atoms with E-state index in [1.54, 1.807) is 24.3 Å². The summed E-state index contributed by atoms with van der Waals surface area (Å²) in [6, 6.07) is 14.5. The molecular weight excluding hydrogens is 267 g/mol. The molecule has 0 aliphatic heterocycles. The zero-order valence-electron chi connectivity index (χ0n) is 10.3. The lowest BCUT2D eigenvalue weighted by atomic mass is 10.2. The minimum Gasteiger partial charge on any atom is -0.430 e. The molecule has 0 radical (unpaired) electrons. The minimum absolute atomic E-state index is 0.510. The lowest BCUT2D eigenvalue weighted by Crippen LogP contribution is -2.05. The maximum absolute atomic E-state index is 12.3. The van der Waals surface area contributed by atoms with E-state index in [4.69, 9.17) is 15.8 Å². The molecule has 0 bridgehead atoms. The van der Waals surface area contributed by atoms with Crippen molar-refractivity contribution in [3.05, 3.63) is 59.7 Å². The van der Waals surface area contributed by atoms with Gasteiger partial charge in [-0.05, 0) is 49.4 Å². The predicted molar refractivity (Wildman–Crippen MR) is 76.1 cm³/mol. The van der Waals surface area contributed by atoms with Gasteiger partial charge in [0.15, 0.2) is 0 Å². The van der Waals surface area contributed by atoms with Gasteiger partial charge in [0.1, 0.15) is 5.75 Å². The van der Waals surface area contributed by atoms with Crippen LogP contribution in [0.15, 0.2) is 48.5 Å². The Morgan fingerprint density at radius 1 is 0.889 bits per heavy atom. The molecule has 0 heterocycles. The van der Waals surface area contributed by atoms with Crippen LogP contribution in [-0.4, -0.2) is 0 Å². The third-order valence-electron chi connectivity index (χ3n) is 2.59. The second-order valence-corrected chi connectivity index (χ2v) is 7.21. The highest BCUT2D eigenvalue weighted by Gasteiger charge is 2.23. The van der Waals surface area contributed by atoms with Crippen molar-refractivity contribution in [3.8, 4) is 5.75 Å². The van der Waals surface area contributed by atoms with Crippen molar-refractivity contribution < 1.29 is 9.09 Å². The van der Waals surface area contributed by atoms with Crippen molar-refractivity contribution >= 4 is 23.3 Å². The molecule has 2 rings (SSSR count). The first-order chi connectivity index (χ1) is 8.47.